The van der Waals surface area contributed by atoms with Gasteiger partial charge in [0.25, 0.3) is 5.91 Å². The van der Waals surface area contributed by atoms with Crippen molar-refractivity contribution in [1.29, 1.82) is 0 Å². The van der Waals surface area contributed by atoms with Crippen molar-refractivity contribution in [3.8, 4) is 23.0 Å². The summed E-state index contributed by atoms with van der Waals surface area (Å²) >= 11 is 0. The molecule has 1 heterocycles. The fourth-order valence-corrected chi connectivity index (χ4v) is 5.21. The summed E-state index contributed by atoms with van der Waals surface area (Å²) in [5.41, 5.74) is 0.868. The van der Waals surface area contributed by atoms with Crippen LogP contribution in [0.5, 0.6) is 11.5 Å². The van der Waals surface area contributed by atoms with Crippen molar-refractivity contribution < 1.29 is 27.1 Å². The lowest BCUT2D eigenvalue weighted by Gasteiger charge is -2.22. The molecular formula is C27H36N4O6S. The van der Waals surface area contributed by atoms with E-state index in [0.29, 0.717) is 43.4 Å². The number of nitrogens with zero attached hydrogens (tertiary/aromatic N) is 3. The Kier molecular flexibility index (Phi) is 10.7. The second-order valence-electron chi connectivity index (χ2n) is 8.53. The average molecular weight is 545 g/mol. The molecular weight excluding hydrogens is 508 g/mol. The van der Waals surface area contributed by atoms with Crippen LogP contribution < -0.4 is 14.8 Å². The molecule has 0 saturated heterocycles. The van der Waals surface area contributed by atoms with E-state index in [1.54, 1.807) is 18.2 Å². The van der Waals surface area contributed by atoms with Crippen LogP contribution in [0.15, 0.2) is 51.8 Å². The van der Waals surface area contributed by atoms with Crippen molar-refractivity contribution in [2.45, 2.75) is 58.3 Å². The number of benzene rings is 2. The highest BCUT2D eigenvalue weighted by Crippen LogP contribution is 2.33. The number of ether oxygens (including phenoxy) is 2. The molecule has 38 heavy (non-hydrogen) atoms. The van der Waals surface area contributed by atoms with Crippen molar-refractivity contribution in [2.75, 3.05) is 31.6 Å². The molecule has 0 saturated carbocycles. The minimum Gasteiger partial charge on any atom is -0.490 e. The largest absolute Gasteiger partial charge is 0.490 e. The van der Waals surface area contributed by atoms with Crippen LogP contribution in [0.4, 0.5) is 6.01 Å². The first kappa shape index (κ1) is 29.1. The number of hydrogen-bond acceptors (Lipinski definition) is 8. The molecule has 0 fully saturated rings. The van der Waals surface area contributed by atoms with Crippen LogP contribution >= 0.6 is 0 Å². The van der Waals surface area contributed by atoms with Crippen LogP contribution in [0.3, 0.4) is 0 Å². The fraction of sp³-hybridized carbons (Fsp3) is 0.444. The normalized spacial score (nSPS) is 11.5. The Morgan fingerprint density at radius 2 is 1.53 bits per heavy atom. The van der Waals surface area contributed by atoms with Crippen LogP contribution in [-0.2, 0) is 10.0 Å². The maximum absolute atomic E-state index is 13.2. The van der Waals surface area contributed by atoms with Crippen molar-refractivity contribution in [3.05, 3.63) is 48.0 Å². The van der Waals surface area contributed by atoms with E-state index in [1.165, 1.54) is 28.6 Å². The highest BCUT2D eigenvalue weighted by atomic mass is 32.2. The van der Waals surface area contributed by atoms with Crippen LogP contribution in [0.25, 0.3) is 11.5 Å². The molecule has 1 amide bonds. The van der Waals surface area contributed by atoms with Gasteiger partial charge in [-0.05, 0) is 69.2 Å². The quantitative estimate of drug-likeness (QED) is 0.271. The Bertz CT molecular complexity index is 1280. The van der Waals surface area contributed by atoms with Gasteiger partial charge in [-0.1, -0.05) is 31.8 Å². The van der Waals surface area contributed by atoms with Gasteiger partial charge in [0.1, 0.15) is 0 Å². The van der Waals surface area contributed by atoms with Gasteiger partial charge in [-0.3, -0.25) is 10.1 Å². The van der Waals surface area contributed by atoms with Crippen molar-refractivity contribution in [3.63, 3.8) is 0 Å². The minimum absolute atomic E-state index is 0.0844. The van der Waals surface area contributed by atoms with Gasteiger partial charge in [-0.15, -0.1) is 5.10 Å². The Balaban J connectivity index is 1.72. The lowest BCUT2D eigenvalue weighted by atomic mass is 10.2. The molecule has 206 valence electrons. The fourth-order valence-electron chi connectivity index (χ4n) is 3.69. The monoisotopic (exact) mass is 544 g/mol. The van der Waals surface area contributed by atoms with Gasteiger partial charge in [0.2, 0.25) is 15.9 Å². The minimum atomic E-state index is -3.65. The molecule has 0 aliphatic rings. The van der Waals surface area contributed by atoms with E-state index in [2.05, 4.69) is 15.5 Å². The van der Waals surface area contributed by atoms with Crippen molar-refractivity contribution >= 4 is 21.9 Å². The standard InChI is InChI=1S/C27H36N4O6S/c1-5-9-17-31(18-10-6-2)38(33,34)22-14-11-20(12-15-22)25(32)28-27-30-29-26(37-27)21-13-16-23(35-7-3)24(19-21)36-8-4/h11-16,19H,5-10,17-18H2,1-4H3,(H,28,30,32). The third-order valence-electron chi connectivity index (χ3n) is 5.71. The molecule has 3 aromatic rings. The van der Waals surface area contributed by atoms with E-state index in [4.69, 9.17) is 13.9 Å². The summed E-state index contributed by atoms with van der Waals surface area (Å²) in [6.45, 7) is 9.73. The molecule has 0 aliphatic carbocycles. The highest BCUT2D eigenvalue weighted by Gasteiger charge is 2.24. The number of hydrogen-bond donors (Lipinski definition) is 1. The van der Waals surface area contributed by atoms with E-state index in [-0.39, 0.29) is 22.4 Å². The first-order valence-electron chi connectivity index (χ1n) is 13.0. The molecule has 1 aromatic heterocycles. The van der Waals surface area contributed by atoms with Crippen molar-refractivity contribution in [2.24, 2.45) is 0 Å². The number of carbonyl (C=O) groups excluding carboxylic acids is 1. The number of carbonyl (C=O) groups is 1. The molecule has 0 unspecified atom stereocenters. The molecule has 0 spiro atoms. The maximum Gasteiger partial charge on any atom is 0.322 e. The van der Waals surface area contributed by atoms with E-state index in [0.717, 1.165) is 25.7 Å². The van der Waals surface area contributed by atoms with Crippen molar-refractivity contribution in [1.82, 2.24) is 14.5 Å². The molecule has 0 atom stereocenters. The zero-order valence-electron chi connectivity index (χ0n) is 22.4. The Morgan fingerprint density at radius 3 is 2.13 bits per heavy atom. The smallest absolute Gasteiger partial charge is 0.322 e. The predicted octanol–water partition coefficient (Wildman–Crippen LogP) is 5.38. The first-order chi connectivity index (χ1) is 18.3. The number of sulfonamides is 1. The summed E-state index contributed by atoms with van der Waals surface area (Å²) in [6, 6.07) is 11.0. The second kappa shape index (κ2) is 13.9. The predicted molar refractivity (Wildman–Crippen MR) is 145 cm³/mol. The van der Waals surface area contributed by atoms with Gasteiger partial charge >= 0.3 is 6.01 Å². The first-order valence-corrected chi connectivity index (χ1v) is 14.4. The Morgan fingerprint density at radius 1 is 0.895 bits per heavy atom. The number of rotatable bonds is 15. The molecule has 3 rings (SSSR count). The van der Waals surface area contributed by atoms with Gasteiger partial charge in [0, 0.05) is 24.2 Å². The van der Waals surface area contributed by atoms with Crippen LogP contribution in [0, 0.1) is 0 Å². The van der Waals surface area contributed by atoms with Gasteiger partial charge < -0.3 is 13.9 Å². The van der Waals surface area contributed by atoms with Gasteiger partial charge in [0.15, 0.2) is 11.5 Å². The van der Waals surface area contributed by atoms with E-state index < -0.39 is 15.9 Å². The average Bonchev–Trinajstić information content (AvgIpc) is 3.38. The number of amides is 1. The molecule has 1 N–H and O–H groups in total. The molecule has 10 nitrogen and oxygen atoms in total. The van der Waals surface area contributed by atoms with Gasteiger partial charge in [0.05, 0.1) is 18.1 Å². The van der Waals surface area contributed by atoms with Gasteiger partial charge in [-0.2, -0.15) is 4.31 Å². The van der Waals surface area contributed by atoms with E-state index >= 15 is 0 Å². The third kappa shape index (κ3) is 7.32. The number of nitrogens with one attached hydrogen (secondary N) is 1. The number of anilines is 1. The van der Waals surface area contributed by atoms with E-state index in [1.807, 2.05) is 27.7 Å². The summed E-state index contributed by atoms with van der Waals surface area (Å²) < 4.78 is 44.7. The summed E-state index contributed by atoms with van der Waals surface area (Å²) in [6.07, 6.45) is 3.39. The van der Waals surface area contributed by atoms with Crippen LogP contribution in [0.2, 0.25) is 0 Å². The summed E-state index contributed by atoms with van der Waals surface area (Å²) in [7, 11) is -3.65. The van der Waals surface area contributed by atoms with Crippen LogP contribution in [-0.4, -0.2) is 55.1 Å². The maximum atomic E-state index is 13.2. The molecule has 0 radical (unpaired) electrons. The number of aromatic nitrogens is 2. The summed E-state index contributed by atoms with van der Waals surface area (Å²) in [5, 5.41) is 10.5. The Labute approximate surface area is 224 Å². The molecule has 0 bridgehead atoms. The zero-order chi connectivity index (χ0) is 27.5. The lowest BCUT2D eigenvalue weighted by molar-refractivity contribution is 0.102. The molecule has 2 aromatic carbocycles. The topological polar surface area (TPSA) is 124 Å². The summed E-state index contributed by atoms with van der Waals surface area (Å²) in [4.78, 5) is 12.9. The van der Waals surface area contributed by atoms with E-state index in [9.17, 15) is 13.2 Å². The second-order valence-corrected chi connectivity index (χ2v) is 10.5. The Hall–Kier alpha value is -3.44. The van der Waals surface area contributed by atoms with Gasteiger partial charge in [-0.25, -0.2) is 8.42 Å². The zero-order valence-corrected chi connectivity index (χ0v) is 23.2. The number of unbranched alkanes of at least 4 members (excludes halogenated alkanes) is 2. The highest BCUT2D eigenvalue weighted by molar-refractivity contribution is 7.89. The third-order valence-corrected chi connectivity index (χ3v) is 7.63. The molecule has 11 heteroatoms. The molecule has 0 aliphatic heterocycles. The SMILES string of the molecule is CCCCN(CCCC)S(=O)(=O)c1ccc(C(=O)Nc2nnc(-c3ccc(OCC)c(OCC)c3)o2)cc1. The lowest BCUT2D eigenvalue weighted by Crippen LogP contribution is -2.33. The summed E-state index contributed by atoms with van der Waals surface area (Å²) in [5.74, 6) is 0.855. The van der Waals surface area contributed by atoms with Crippen LogP contribution in [0.1, 0.15) is 63.7 Å².